The highest BCUT2D eigenvalue weighted by Crippen LogP contribution is 2.19. The van der Waals surface area contributed by atoms with Gasteiger partial charge in [0, 0.05) is 26.1 Å². The van der Waals surface area contributed by atoms with Crippen molar-refractivity contribution in [1.82, 2.24) is 9.80 Å². The average Bonchev–Trinajstić information content (AvgIpc) is 2.76. The maximum Gasteiger partial charge on any atom is 0.303 e. The standard InChI is InChI=1S/C13H22N2O3/c16-12(15-5-2-1-3-6-15)10-14-7-4-11(9-14)8-13(17)18/h11H,1-10H2,(H,17,18). The van der Waals surface area contributed by atoms with Crippen LogP contribution in [0.1, 0.15) is 32.1 Å². The van der Waals surface area contributed by atoms with Crippen LogP contribution in [0.5, 0.6) is 0 Å². The Kier molecular flexibility index (Phi) is 4.58. The molecule has 0 radical (unpaired) electrons. The second-order valence-corrected chi connectivity index (χ2v) is 5.43. The van der Waals surface area contributed by atoms with Gasteiger partial charge in [0.25, 0.3) is 0 Å². The highest BCUT2D eigenvalue weighted by Gasteiger charge is 2.27. The Labute approximate surface area is 108 Å². The Morgan fingerprint density at radius 3 is 2.50 bits per heavy atom. The normalized spacial score (nSPS) is 25.3. The van der Waals surface area contributed by atoms with Gasteiger partial charge in [0.2, 0.25) is 5.91 Å². The van der Waals surface area contributed by atoms with E-state index in [0.717, 1.165) is 45.4 Å². The number of likely N-dealkylation sites (tertiary alicyclic amines) is 2. The van der Waals surface area contributed by atoms with Gasteiger partial charge < -0.3 is 10.0 Å². The zero-order valence-corrected chi connectivity index (χ0v) is 10.8. The first kappa shape index (κ1) is 13.3. The molecule has 102 valence electrons. The lowest BCUT2D eigenvalue weighted by atomic mass is 10.1. The molecule has 0 aliphatic carbocycles. The molecule has 2 aliphatic heterocycles. The van der Waals surface area contributed by atoms with E-state index in [1.165, 1.54) is 6.42 Å². The van der Waals surface area contributed by atoms with Gasteiger partial charge in [-0.2, -0.15) is 0 Å². The van der Waals surface area contributed by atoms with Crippen LogP contribution < -0.4 is 0 Å². The molecule has 0 saturated carbocycles. The predicted octanol–water partition coefficient (Wildman–Crippen LogP) is 0.795. The smallest absolute Gasteiger partial charge is 0.303 e. The van der Waals surface area contributed by atoms with Gasteiger partial charge in [-0.3, -0.25) is 14.5 Å². The SMILES string of the molecule is O=C(O)CC1CCN(CC(=O)N2CCCCC2)C1. The molecule has 0 aromatic carbocycles. The van der Waals surface area contributed by atoms with Crippen LogP contribution in [0.2, 0.25) is 0 Å². The van der Waals surface area contributed by atoms with Gasteiger partial charge in [-0.1, -0.05) is 0 Å². The largest absolute Gasteiger partial charge is 0.481 e. The number of carboxylic acids is 1. The lowest BCUT2D eigenvalue weighted by Gasteiger charge is -2.28. The van der Waals surface area contributed by atoms with E-state index in [0.29, 0.717) is 6.54 Å². The van der Waals surface area contributed by atoms with Crippen molar-refractivity contribution in [2.75, 3.05) is 32.7 Å². The number of nitrogens with zero attached hydrogens (tertiary/aromatic N) is 2. The number of carbonyl (C=O) groups excluding carboxylic acids is 1. The van der Waals surface area contributed by atoms with Crippen molar-refractivity contribution in [3.63, 3.8) is 0 Å². The molecular weight excluding hydrogens is 232 g/mol. The van der Waals surface area contributed by atoms with Crippen molar-refractivity contribution < 1.29 is 14.7 Å². The lowest BCUT2D eigenvalue weighted by molar-refractivity contribution is -0.138. The van der Waals surface area contributed by atoms with Crippen molar-refractivity contribution in [2.24, 2.45) is 5.92 Å². The van der Waals surface area contributed by atoms with Crippen molar-refractivity contribution in [2.45, 2.75) is 32.1 Å². The van der Waals surface area contributed by atoms with Gasteiger partial charge in [-0.15, -0.1) is 0 Å². The predicted molar refractivity (Wildman–Crippen MR) is 67.2 cm³/mol. The van der Waals surface area contributed by atoms with Crippen molar-refractivity contribution >= 4 is 11.9 Å². The highest BCUT2D eigenvalue weighted by molar-refractivity contribution is 5.78. The van der Waals surface area contributed by atoms with Crippen LogP contribution in [0.25, 0.3) is 0 Å². The zero-order chi connectivity index (χ0) is 13.0. The summed E-state index contributed by atoms with van der Waals surface area (Å²) >= 11 is 0. The van der Waals surface area contributed by atoms with E-state index in [2.05, 4.69) is 4.90 Å². The first-order valence-electron chi connectivity index (χ1n) is 6.87. The van der Waals surface area contributed by atoms with E-state index in [-0.39, 0.29) is 18.2 Å². The number of amides is 1. The summed E-state index contributed by atoms with van der Waals surface area (Å²) in [7, 11) is 0. The van der Waals surface area contributed by atoms with E-state index in [4.69, 9.17) is 5.11 Å². The maximum atomic E-state index is 12.1. The van der Waals surface area contributed by atoms with E-state index >= 15 is 0 Å². The van der Waals surface area contributed by atoms with Gasteiger partial charge in [-0.05, 0) is 38.1 Å². The summed E-state index contributed by atoms with van der Waals surface area (Å²) in [5.41, 5.74) is 0. The molecule has 5 heteroatoms. The topological polar surface area (TPSA) is 60.9 Å². The number of aliphatic carboxylic acids is 1. The number of carbonyl (C=O) groups is 2. The van der Waals surface area contributed by atoms with Crippen LogP contribution >= 0.6 is 0 Å². The Morgan fingerprint density at radius 1 is 1.11 bits per heavy atom. The molecule has 0 bridgehead atoms. The van der Waals surface area contributed by atoms with Crippen LogP contribution in [0.15, 0.2) is 0 Å². The molecule has 2 aliphatic rings. The molecule has 2 fully saturated rings. The molecule has 0 aromatic heterocycles. The molecule has 0 spiro atoms. The van der Waals surface area contributed by atoms with Gasteiger partial charge in [0.05, 0.1) is 6.54 Å². The summed E-state index contributed by atoms with van der Waals surface area (Å²) in [4.78, 5) is 26.7. The van der Waals surface area contributed by atoms with Crippen molar-refractivity contribution in [3.05, 3.63) is 0 Å². The monoisotopic (exact) mass is 254 g/mol. The Balaban J connectivity index is 1.73. The van der Waals surface area contributed by atoms with Crippen LogP contribution in [-0.4, -0.2) is 59.5 Å². The summed E-state index contributed by atoms with van der Waals surface area (Å²) in [6, 6.07) is 0. The fraction of sp³-hybridized carbons (Fsp3) is 0.846. The molecule has 5 nitrogen and oxygen atoms in total. The molecule has 1 unspecified atom stereocenters. The fourth-order valence-electron chi connectivity index (χ4n) is 2.90. The zero-order valence-electron chi connectivity index (χ0n) is 10.8. The minimum absolute atomic E-state index is 0.214. The first-order chi connectivity index (χ1) is 8.65. The van der Waals surface area contributed by atoms with E-state index in [9.17, 15) is 9.59 Å². The highest BCUT2D eigenvalue weighted by atomic mass is 16.4. The van der Waals surface area contributed by atoms with Crippen molar-refractivity contribution in [3.8, 4) is 0 Å². The molecular formula is C13H22N2O3. The maximum absolute atomic E-state index is 12.1. The minimum atomic E-state index is -0.732. The van der Waals surface area contributed by atoms with Crippen molar-refractivity contribution in [1.29, 1.82) is 0 Å². The van der Waals surface area contributed by atoms with Crippen LogP contribution in [0.3, 0.4) is 0 Å². The van der Waals surface area contributed by atoms with E-state index in [1.54, 1.807) is 0 Å². The number of hydrogen-bond donors (Lipinski definition) is 1. The Morgan fingerprint density at radius 2 is 1.83 bits per heavy atom. The summed E-state index contributed by atoms with van der Waals surface area (Å²) in [6.45, 7) is 3.87. The van der Waals surface area contributed by atoms with Gasteiger partial charge in [0.1, 0.15) is 0 Å². The third kappa shape index (κ3) is 3.70. The molecule has 1 atom stereocenters. The average molecular weight is 254 g/mol. The van der Waals surface area contributed by atoms with Crippen LogP contribution in [0.4, 0.5) is 0 Å². The Bertz CT molecular complexity index is 313. The molecule has 1 N–H and O–H groups in total. The first-order valence-corrected chi connectivity index (χ1v) is 6.87. The molecule has 18 heavy (non-hydrogen) atoms. The van der Waals surface area contributed by atoms with E-state index < -0.39 is 5.97 Å². The summed E-state index contributed by atoms with van der Waals surface area (Å²) in [6.07, 6.45) is 4.60. The molecule has 2 heterocycles. The Hall–Kier alpha value is -1.10. The van der Waals surface area contributed by atoms with Crippen LogP contribution in [0, 0.1) is 5.92 Å². The summed E-state index contributed by atoms with van der Waals surface area (Å²) in [5.74, 6) is -0.300. The number of rotatable bonds is 4. The quantitative estimate of drug-likeness (QED) is 0.806. The van der Waals surface area contributed by atoms with Crippen LogP contribution in [-0.2, 0) is 9.59 Å². The minimum Gasteiger partial charge on any atom is -0.481 e. The van der Waals surface area contributed by atoms with Gasteiger partial charge in [0.15, 0.2) is 0 Å². The second-order valence-electron chi connectivity index (χ2n) is 5.43. The lowest BCUT2D eigenvalue weighted by Crippen LogP contribution is -2.42. The third-order valence-corrected chi connectivity index (χ3v) is 3.90. The fourth-order valence-corrected chi connectivity index (χ4v) is 2.90. The van der Waals surface area contributed by atoms with E-state index in [1.807, 2.05) is 4.90 Å². The second kappa shape index (κ2) is 6.18. The van der Waals surface area contributed by atoms with Gasteiger partial charge in [-0.25, -0.2) is 0 Å². The molecule has 1 amide bonds. The summed E-state index contributed by atoms with van der Waals surface area (Å²) < 4.78 is 0. The number of hydrogen-bond acceptors (Lipinski definition) is 3. The molecule has 0 aromatic rings. The molecule has 2 saturated heterocycles. The number of carboxylic acid groups (broad SMARTS) is 1. The third-order valence-electron chi connectivity index (χ3n) is 3.90. The number of piperidine rings is 1. The van der Waals surface area contributed by atoms with Gasteiger partial charge >= 0.3 is 5.97 Å². The summed E-state index contributed by atoms with van der Waals surface area (Å²) in [5, 5.41) is 8.75. The molecule has 2 rings (SSSR count).